The topological polar surface area (TPSA) is 15.9 Å². The van der Waals surface area contributed by atoms with Gasteiger partial charge in [0, 0.05) is 22.4 Å². The lowest BCUT2D eigenvalue weighted by molar-refractivity contribution is -0.137. The molecule has 0 radical (unpaired) electrons. The maximum Gasteiger partial charge on any atom is 0.417 e. The smallest absolute Gasteiger partial charge is 0.298 e. The minimum atomic E-state index is -4.36. The molecule has 2 heterocycles. The van der Waals surface area contributed by atoms with Crippen molar-refractivity contribution >= 4 is 27.4 Å². The van der Waals surface area contributed by atoms with Gasteiger partial charge in [0.2, 0.25) is 0 Å². The van der Waals surface area contributed by atoms with Gasteiger partial charge in [0.15, 0.2) is 0 Å². The van der Waals surface area contributed by atoms with Crippen LogP contribution in [0.15, 0.2) is 53.3 Å². The first kappa shape index (κ1) is 13.2. The van der Waals surface area contributed by atoms with Gasteiger partial charge in [0.25, 0.3) is 0 Å². The summed E-state index contributed by atoms with van der Waals surface area (Å²) in [6, 6.07) is 10.1. The summed E-state index contributed by atoms with van der Waals surface area (Å²) in [5.74, 6) is 0.480. The predicted octanol–water partition coefficient (Wildman–Crippen LogP) is 4.68. The second-order valence-electron chi connectivity index (χ2n) is 4.30. The number of aromatic nitrogens is 1. The van der Waals surface area contributed by atoms with Crippen molar-refractivity contribution in [2.24, 2.45) is 0 Å². The fourth-order valence-corrected chi connectivity index (χ4v) is 2.24. The molecule has 0 bridgehead atoms. The molecule has 20 heavy (non-hydrogen) atoms. The van der Waals surface area contributed by atoms with Gasteiger partial charge < -0.3 is 0 Å². The van der Waals surface area contributed by atoms with E-state index in [0.717, 1.165) is 28.0 Å². The van der Waals surface area contributed by atoms with E-state index in [2.05, 4.69) is 20.9 Å². The predicted molar refractivity (Wildman–Crippen MR) is 73.8 cm³/mol. The Morgan fingerprint density at radius 1 is 1.10 bits per heavy atom. The van der Waals surface area contributed by atoms with Gasteiger partial charge in [-0.2, -0.15) is 13.2 Å². The highest BCUT2D eigenvalue weighted by molar-refractivity contribution is 9.10. The quantitative estimate of drug-likeness (QED) is 0.788. The Balaban J connectivity index is 1.77. The van der Waals surface area contributed by atoms with Crippen molar-refractivity contribution in [2.75, 3.05) is 4.90 Å². The van der Waals surface area contributed by atoms with E-state index in [4.69, 9.17) is 0 Å². The summed E-state index contributed by atoms with van der Waals surface area (Å²) in [4.78, 5) is 5.60. The standard InChI is InChI=1S/C14H8BrF3N2/c15-11-3-1-2-9(6-11)12-8-20(12)13-5-4-10(7-19-13)14(16,17)18/h1-8H. The van der Waals surface area contributed by atoms with Crippen LogP contribution in [0.25, 0.3) is 5.70 Å². The number of anilines is 1. The number of pyridine rings is 1. The zero-order valence-corrected chi connectivity index (χ0v) is 11.6. The molecular formula is C14H8BrF3N2. The van der Waals surface area contributed by atoms with Gasteiger partial charge in [-0.15, -0.1) is 0 Å². The first-order valence-corrected chi connectivity index (χ1v) is 6.55. The SMILES string of the molecule is FC(F)(F)c1ccc(N2C=C2c2cccc(Br)c2)nc1. The van der Waals surface area contributed by atoms with E-state index in [-0.39, 0.29) is 0 Å². The minimum absolute atomic E-state index is 0.480. The van der Waals surface area contributed by atoms with Gasteiger partial charge in [-0.05, 0) is 24.3 Å². The molecule has 1 aromatic heterocycles. The van der Waals surface area contributed by atoms with Crippen LogP contribution >= 0.6 is 15.9 Å². The molecule has 0 saturated heterocycles. The Hall–Kier alpha value is -1.82. The lowest BCUT2D eigenvalue weighted by atomic mass is 10.2. The van der Waals surface area contributed by atoms with E-state index >= 15 is 0 Å². The summed E-state index contributed by atoms with van der Waals surface area (Å²) >= 11 is 3.38. The van der Waals surface area contributed by atoms with Crippen LogP contribution in [0.3, 0.4) is 0 Å². The number of alkyl halides is 3. The van der Waals surface area contributed by atoms with Crippen LogP contribution in [0, 0.1) is 0 Å². The van der Waals surface area contributed by atoms with E-state index in [1.54, 1.807) is 4.90 Å². The Labute approximate surface area is 121 Å². The third kappa shape index (κ3) is 2.56. The molecule has 0 amide bonds. The summed E-state index contributed by atoms with van der Waals surface area (Å²) in [7, 11) is 0. The first-order chi connectivity index (χ1) is 9.45. The molecule has 2 nitrogen and oxygen atoms in total. The zero-order valence-electron chi connectivity index (χ0n) is 10.0. The van der Waals surface area contributed by atoms with Crippen LogP contribution in [0.4, 0.5) is 19.0 Å². The summed E-state index contributed by atoms with van der Waals surface area (Å²) in [5.41, 5.74) is 1.17. The number of hydrogen-bond donors (Lipinski definition) is 0. The molecule has 3 rings (SSSR count). The average molecular weight is 341 g/mol. The second-order valence-corrected chi connectivity index (χ2v) is 5.21. The lowest BCUT2D eigenvalue weighted by Crippen LogP contribution is -2.06. The second kappa shape index (κ2) is 4.63. The number of benzene rings is 1. The summed E-state index contributed by atoms with van der Waals surface area (Å²) in [6.07, 6.45) is -1.68. The van der Waals surface area contributed by atoms with E-state index in [1.165, 1.54) is 6.07 Å². The van der Waals surface area contributed by atoms with Crippen LogP contribution in [0.2, 0.25) is 0 Å². The molecule has 1 aliphatic rings. The highest BCUT2D eigenvalue weighted by atomic mass is 79.9. The highest BCUT2D eigenvalue weighted by Gasteiger charge is 2.32. The van der Waals surface area contributed by atoms with Crippen LogP contribution < -0.4 is 4.90 Å². The highest BCUT2D eigenvalue weighted by Crippen LogP contribution is 2.38. The molecule has 0 aliphatic carbocycles. The van der Waals surface area contributed by atoms with Gasteiger partial charge in [-0.25, -0.2) is 4.98 Å². The number of rotatable bonds is 2. The normalized spacial score (nSPS) is 14.2. The van der Waals surface area contributed by atoms with Crippen molar-refractivity contribution < 1.29 is 13.2 Å². The third-order valence-corrected chi connectivity index (χ3v) is 3.38. The molecule has 0 unspecified atom stereocenters. The molecule has 0 saturated carbocycles. The van der Waals surface area contributed by atoms with Gasteiger partial charge in [0.1, 0.15) is 5.82 Å². The van der Waals surface area contributed by atoms with E-state index in [0.29, 0.717) is 5.82 Å². The number of nitrogens with zero attached hydrogens (tertiary/aromatic N) is 2. The van der Waals surface area contributed by atoms with Crippen molar-refractivity contribution in [3.05, 3.63) is 64.4 Å². The van der Waals surface area contributed by atoms with Crippen molar-refractivity contribution in [3.63, 3.8) is 0 Å². The number of halogens is 4. The van der Waals surface area contributed by atoms with Gasteiger partial charge in [0.05, 0.1) is 11.3 Å². The Morgan fingerprint density at radius 2 is 1.90 bits per heavy atom. The van der Waals surface area contributed by atoms with Crippen LogP contribution in [-0.4, -0.2) is 4.98 Å². The summed E-state index contributed by atoms with van der Waals surface area (Å²) in [6.45, 7) is 0. The monoisotopic (exact) mass is 340 g/mol. The Bertz CT molecular complexity index is 678. The lowest BCUT2D eigenvalue weighted by Gasteiger charge is -2.09. The van der Waals surface area contributed by atoms with E-state index in [1.807, 2.05) is 30.5 Å². The fourth-order valence-electron chi connectivity index (χ4n) is 1.84. The van der Waals surface area contributed by atoms with Crippen molar-refractivity contribution in [1.29, 1.82) is 0 Å². The Kier molecular flexibility index (Phi) is 3.05. The Morgan fingerprint density at radius 3 is 2.50 bits per heavy atom. The molecule has 2 aromatic rings. The van der Waals surface area contributed by atoms with Crippen molar-refractivity contribution in [2.45, 2.75) is 6.18 Å². The van der Waals surface area contributed by atoms with E-state index in [9.17, 15) is 13.2 Å². The molecule has 102 valence electrons. The fraction of sp³-hybridized carbons (Fsp3) is 0.0714. The van der Waals surface area contributed by atoms with Crippen molar-refractivity contribution in [3.8, 4) is 0 Å². The van der Waals surface area contributed by atoms with Gasteiger partial charge >= 0.3 is 6.18 Å². The summed E-state index contributed by atoms with van der Waals surface area (Å²) in [5, 5.41) is 0. The maximum atomic E-state index is 12.5. The largest absolute Gasteiger partial charge is 0.417 e. The average Bonchev–Trinajstić information content (AvgIpc) is 3.18. The van der Waals surface area contributed by atoms with Gasteiger partial charge in [-0.1, -0.05) is 28.1 Å². The molecule has 0 spiro atoms. The molecule has 6 heteroatoms. The zero-order chi connectivity index (χ0) is 14.3. The van der Waals surface area contributed by atoms with Gasteiger partial charge in [-0.3, -0.25) is 4.90 Å². The van der Waals surface area contributed by atoms with Crippen LogP contribution in [-0.2, 0) is 6.18 Å². The molecule has 1 aromatic carbocycles. The summed E-state index contributed by atoms with van der Waals surface area (Å²) < 4.78 is 38.3. The maximum absolute atomic E-state index is 12.5. The third-order valence-electron chi connectivity index (χ3n) is 2.89. The van der Waals surface area contributed by atoms with Crippen LogP contribution in [0.5, 0.6) is 0 Å². The molecule has 0 fully saturated rings. The molecule has 1 aliphatic heterocycles. The van der Waals surface area contributed by atoms with Crippen molar-refractivity contribution in [1.82, 2.24) is 4.98 Å². The van der Waals surface area contributed by atoms with Crippen LogP contribution in [0.1, 0.15) is 11.1 Å². The molecule has 0 atom stereocenters. The molecule has 0 N–H and O–H groups in total. The first-order valence-electron chi connectivity index (χ1n) is 5.75. The number of hydrogen-bond acceptors (Lipinski definition) is 2. The molecular weight excluding hydrogens is 333 g/mol. The van der Waals surface area contributed by atoms with E-state index < -0.39 is 11.7 Å². The minimum Gasteiger partial charge on any atom is -0.298 e.